The third-order valence-electron chi connectivity index (χ3n) is 2.89. The van der Waals surface area contributed by atoms with Crippen LogP contribution in [0.2, 0.25) is 5.02 Å². The molecule has 0 bridgehead atoms. The van der Waals surface area contributed by atoms with Crippen molar-refractivity contribution in [3.8, 4) is 0 Å². The lowest BCUT2D eigenvalue weighted by Crippen LogP contribution is -2.05. The third kappa shape index (κ3) is 8.47. The normalized spacial score (nSPS) is 10.6. The van der Waals surface area contributed by atoms with Crippen molar-refractivity contribution in [2.24, 2.45) is 0 Å². The van der Waals surface area contributed by atoms with E-state index in [0.717, 1.165) is 43.4 Å². The molecule has 0 fully saturated rings. The van der Waals surface area contributed by atoms with Crippen LogP contribution in [-0.4, -0.2) is 18.5 Å². The van der Waals surface area contributed by atoms with Gasteiger partial charge in [-0.1, -0.05) is 49.9 Å². The largest absolute Gasteiger partial charge is 0.463 e. The molecule has 5 heteroatoms. The SMILES string of the molecule is CCCCCCOC(=O)/C=C/C(=O)OCc1ccc(Cl)cc1. The second kappa shape index (κ2) is 10.9. The van der Waals surface area contributed by atoms with Crippen molar-refractivity contribution in [2.75, 3.05) is 6.61 Å². The van der Waals surface area contributed by atoms with Gasteiger partial charge in [0.15, 0.2) is 0 Å². The zero-order valence-electron chi connectivity index (χ0n) is 12.7. The van der Waals surface area contributed by atoms with E-state index in [1.54, 1.807) is 24.3 Å². The summed E-state index contributed by atoms with van der Waals surface area (Å²) in [7, 11) is 0. The van der Waals surface area contributed by atoms with Crippen LogP contribution in [0.15, 0.2) is 36.4 Å². The number of carbonyl (C=O) groups excluding carboxylic acids is 2. The maximum Gasteiger partial charge on any atom is 0.331 e. The van der Waals surface area contributed by atoms with Gasteiger partial charge >= 0.3 is 11.9 Å². The van der Waals surface area contributed by atoms with Gasteiger partial charge in [-0.15, -0.1) is 0 Å². The third-order valence-corrected chi connectivity index (χ3v) is 3.14. The van der Waals surface area contributed by atoms with Gasteiger partial charge in [0.05, 0.1) is 6.61 Å². The van der Waals surface area contributed by atoms with Crippen LogP contribution in [0, 0.1) is 0 Å². The van der Waals surface area contributed by atoms with Crippen LogP contribution >= 0.6 is 11.6 Å². The molecule has 0 aromatic heterocycles. The van der Waals surface area contributed by atoms with E-state index >= 15 is 0 Å². The van der Waals surface area contributed by atoms with Crippen LogP contribution in [0.1, 0.15) is 38.2 Å². The minimum Gasteiger partial charge on any atom is -0.463 e. The summed E-state index contributed by atoms with van der Waals surface area (Å²) in [5.41, 5.74) is 0.824. The Labute approximate surface area is 136 Å². The zero-order valence-corrected chi connectivity index (χ0v) is 13.5. The van der Waals surface area contributed by atoms with Gasteiger partial charge < -0.3 is 9.47 Å². The number of benzene rings is 1. The van der Waals surface area contributed by atoms with Crippen molar-refractivity contribution < 1.29 is 19.1 Å². The highest BCUT2D eigenvalue weighted by Crippen LogP contribution is 2.10. The van der Waals surface area contributed by atoms with Crippen molar-refractivity contribution in [3.05, 3.63) is 47.0 Å². The van der Waals surface area contributed by atoms with Crippen molar-refractivity contribution in [3.63, 3.8) is 0 Å². The lowest BCUT2D eigenvalue weighted by molar-refractivity contribution is -0.141. The van der Waals surface area contributed by atoms with Crippen LogP contribution in [0.4, 0.5) is 0 Å². The molecule has 0 aliphatic rings. The molecule has 0 aliphatic heterocycles. The molecule has 22 heavy (non-hydrogen) atoms. The summed E-state index contributed by atoms with van der Waals surface area (Å²) in [6, 6.07) is 6.97. The van der Waals surface area contributed by atoms with Gasteiger partial charge in [-0.05, 0) is 24.1 Å². The number of carbonyl (C=O) groups is 2. The van der Waals surface area contributed by atoms with Crippen molar-refractivity contribution in [1.82, 2.24) is 0 Å². The molecule has 4 nitrogen and oxygen atoms in total. The van der Waals surface area contributed by atoms with Gasteiger partial charge in [0.2, 0.25) is 0 Å². The van der Waals surface area contributed by atoms with Gasteiger partial charge in [0.25, 0.3) is 0 Å². The van der Waals surface area contributed by atoms with Gasteiger partial charge in [0.1, 0.15) is 6.61 Å². The fraction of sp³-hybridized carbons (Fsp3) is 0.412. The maximum absolute atomic E-state index is 11.5. The smallest absolute Gasteiger partial charge is 0.331 e. The standard InChI is InChI=1S/C17H21ClO4/c1-2-3-4-5-12-21-16(19)10-11-17(20)22-13-14-6-8-15(18)9-7-14/h6-11H,2-5,12-13H2,1H3/b11-10+. The quantitative estimate of drug-likeness (QED) is 0.390. The van der Waals surface area contributed by atoms with Crippen molar-refractivity contribution >= 4 is 23.5 Å². The van der Waals surface area contributed by atoms with E-state index in [1.807, 2.05) is 0 Å². The molecular formula is C17H21ClO4. The monoisotopic (exact) mass is 324 g/mol. The molecule has 120 valence electrons. The average Bonchev–Trinajstić information content (AvgIpc) is 2.52. The predicted molar refractivity (Wildman–Crippen MR) is 85.5 cm³/mol. The minimum absolute atomic E-state index is 0.131. The Bertz CT molecular complexity index is 494. The number of esters is 2. The predicted octanol–water partition coefficient (Wildman–Crippen LogP) is 4.06. The Morgan fingerprint density at radius 3 is 2.27 bits per heavy atom. The van der Waals surface area contributed by atoms with E-state index in [2.05, 4.69) is 6.92 Å². The first-order valence-corrected chi connectivity index (χ1v) is 7.75. The number of ether oxygens (including phenoxy) is 2. The fourth-order valence-corrected chi connectivity index (χ4v) is 1.79. The van der Waals surface area contributed by atoms with E-state index in [1.165, 1.54) is 0 Å². The second-order valence-electron chi connectivity index (χ2n) is 4.80. The van der Waals surface area contributed by atoms with Crippen molar-refractivity contribution in [1.29, 1.82) is 0 Å². The van der Waals surface area contributed by atoms with Gasteiger partial charge in [-0.25, -0.2) is 9.59 Å². The minimum atomic E-state index is -0.585. The van der Waals surface area contributed by atoms with E-state index in [-0.39, 0.29) is 6.61 Å². The van der Waals surface area contributed by atoms with Crippen molar-refractivity contribution in [2.45, 2.75) is 39.2 Å². The molecule has 1 aromatic carbocycles. The van der Waals surface area contributed by atoms with Crippen LogP contribution < -0.4 is 0 Å². The Morgan fingerprint density at radius 1 is 1.00 bits per heavy atom. The second-order valence-corrected chi connectivity index (χ2v) is 5.23. The van der Waals surface area contributed by atoms with Gasteiger partial charge in [0, 0.05) is 17.2 Å². The van der Waals surface area contributed by atoms with E-state index in [0.29, 0.717) is 11.6 Å². The average molecular weight is 325 g/mol. The first kappa shape index (κ1) is 18.2. The van der Waals surface area contributed by atoms with Crippen LogP contribution in [-0.2, 0) is 25.7 Å². The molecule has 0 amide bonds. The van der Waals surface area contributed by atoms with E-state index < -0.39 is 11.9 Å². The molecule has 1 rings (SSSR count). The van der Waals surface area contributed by atoms with Crippen LogP contribution in [0.5, 0.6) is 0 Å². The Morgan fingerprint density at radius 2 is 1.64 bits per heavy atom. The Hall–Kier alpha value is -1.81. The molecule has 0 spiro atoms. The molecule has 0 heterocycles. The molecule has 0 saturated carbocycles. The molecule has 0 atom stereocenters. The van der Waals surface area contributed by atoms with E-state index in [9.17, 15) is 9.59 Å². The molecule has 0 radical (unpaired) electrons. The van der Waals surface area contributed by atoms with Crippen LogP contribution in [0.25, 0.3) is 0 Å². The number of rotatable bonds is 9. The summed E-state index contributed by atoms with van der Waals surface area (Å²) in [6.45, 7) is 2.62. The summed E-state index contributed by atoms with van der Waals surface area (Å²) in [5, 5.41) is 0.622. The molecule has 0 aliphatic carbocycles. The zero-order chi connectivity index (χ0) is 16.2. The highest BCUT2D eigenvalue weighted by molar-refractivity contribution is 6.30. The Kier molecular flexibility index (Phi) is 9.00. The number of hydrogen-bond donors (Lipinski definition) is 0. The topological polar surface area (TPSA) is 52.6 Å². The number of halogens is 1. The highest BCUT2D eigenvalue weighted by atomic mass is 35.5. The molecule has 1 aromatic rings. The summed E-state index contributed by atoms with van der Waals surface area (Å²) in [6.07, 6.45) is 6.30. The van der Waals surface area contributed by atoms with E-state index in [4.69, 9.17) is 21.1 Å². The number of hydrogen-bond acceptors (Lipinski definition) is 4. The first-order chi connectivity index (χ1) is 10.6. The highest BCUT2D eigenvalue weighted by Gasteiger charge is 2.02. The first-order valence-electron chi connectivity index (χ1n) is 7.38. The molecule has 0 unspecified atom stereocenters. The number of unbranched alkanes of at least 4 members (excludes halogenated alkanes) is 3. The van der Waals surface area contributed by atoms with Crippen LogP contribution in [0.3, 0.4) is 0 Å². The van der Waals surface area contributed by atoms with Gasteiger partial charge in [-0.2, -0.15) is 0 Å². The molecule has 0 saturated heterocycles. The summed E-state index contributed by atoms with van der Waals surface area (Å²) in [5.74, 6) is -1.11. The fourth-order valence-electron chi connectivity index (χ4n) is 1.67. The summed E-state index contributed by atoms with van der Waals surface area (Å²) >= 11 is 5.76. The lowest BCUT2D eigenvalue weighted by Gasteiger charge is -2.03. The maximum atomic E-state index is 11.5. The lowest BCUT2D eigenvalue weighted by atomic mass is 10.2. The molecule has 0 N–H and O–H groups in total. The summed E-state index contributed by atoms with van der Waals surface area (Å²) in [4.78, 5) is 22.8. The molecular weight excluding hydrogens is 304 g/mol. The Balaban J connectivity index is 2.20. The van der Waals surface area contributed by atoms with Gasteiger partial charge in [-0.3, -0.25) is 0 Å². The summed E-state index contributed by atoms with van der Waals surface area (Å²) < 4.78 is 9.97.